The average molecular weight is 456 g/mol. The zero-order chi connectivity index (χ0) is 17.1. The predicted molar refractivity (Wildman–Crippen MR) is 102 cm³/mol. The lowest BCUT2D eigenvalue weighted by atomic mass is 9.98. The second kappa shape index (κ2) is 7.53. The van der Waals surface area contributed by atoms with Crippen molar-refractivity contribution in [3.05, 3.63) is 59.7 Å². The summed E-state index contributed by atoms with van der Waals surface area (Å²) < 4.78 is 5.75. The zero-order valence-corrected chi connectivity index (χ0v) is 15.6. The Morgan fingerprint density at radius 3 is 2.12 bits per heavy atom. The van der Waals surface area contributed by atoms with Gasteiger partial charge in [0.2, 0.25) is 5.24 Å². The fourth-order valence-corrected chi connectivity index (χ4v) is 3.95. The highest BCUT2D eigenvalue weighted by molar-refractivity contribution is 14.1. The molecule has 0 fully saturated rings. The maximum absolute atomic E-state index is 11.9. The van der Waals surface area contributed by atoms with E-state index in [9.17, 15) is 9.59 Å². The highest BCUT2D eigenvalue weighted by Crippen LogP contribution is 2.44. The first-order valence-electron chi connectivity index (χ1n) is 7.48. The van der Waals surface area contributed by atoms with Gasteiger partial charge in [-0.25, -0.2) is 4.79 Å². The Morgan fingerprint density at radius 2 is 1.62 bits per heavy atom. The SMILES string of the molecule is O=C(N[C@@H](CI)C(=O)Cl)OCC1c2ccccc2-c2ccccc21. The Labute approximate surface area is 158 Å². The van der Waals surface area contributed by atoms with Gasteiger partial charge in [-0.1, -0.05) is 71.1 Å². The monoisotopic (exact) mass is 455 g/mol. The van der Waals surface area contributed by atoms with E-state index in [0.29, 0.717) is 4.43 Å². The number of carbonyl (C=O) groups excluding carboxylic acids is 2. The number of hydrogen-bond donors (Lipinski definition) is 1. The van der Waals surface area contributed by atoms with E-state index < -0.39 is 17.4 Å². The van der Waals surface area contributed by atoms with E-state index in [4.69, 9.17) is 16.3 Å². The van der Waals surface area contributed by atoms with E-state index in [2.05, 4.69) is 29.6 Å². The molecule has 1 atom stereocenters. The van der Waals surface area contributed by atoms with Gasteiger partial charge in [0.25, 0.3) is 0 Å². The first-order valence-corrected chi connectivity index (χ1v) is 9.39. The molecule has 3 rings (SSSR count). The molecule has 24 heavy (non-hydrogen) atoms. The van der Waals surface area contributed by atoms with E-state index in [1.807, 2.05) is 46.9 Å². The number of halogens is 2. The standard InChI is InChI=1S/C18H15ClINO3/c19-17(22)16(9-20)21-18(23)24-10-15-13-7-3-1-5-11(13)12-6-2-4-8-14(12)15/h1-8,15-16H,9-10H2,(H,21,23)/t16-/m0/s1. The fraction of sp³-hybridized carbons (Fsp3) is 0.222. The van der Waals surface area contributed by atoms with Crippen molar-refractivity contribution in [1.82, 2.24) is 5.32 Å². The molecule has 1 aliphatic rings. The minimum atomic E-state index is -0.733. The van der Waals surface area contributed by atoms with Gasteiger partial charge >= 0.3 is 6.09 Å². The lowest BCUT2D eigenvalue weighted by Gasteiger charge is -2.16. The van der Waals surface area contributed by atoms with Crippen LogP contribution in [0.3, 0.4) is 0 Å². The molecule has 4 nitrogen and oxygen atoms in total. The predicted octanol–water partition coefficient (Wildman–Crippen LogP) is 4.09. The van der Waals surface area contributed by atoms with Gasteiger partial charge in [0.15, 0.2) is 0 Å². The third kappa shape index (κ3) is 3.42. The summed E-state index contributed by atoms with van der Waals surface area (Å²) in [6, 6.07) is 15.5. The normalized spacial score (nSPS) is 13.8. The lowest BCUT2D eigenvalue weighted by Crippen LogP contribution is -2.40. The summed E-state index contributed by atoms with van der Waals surface area (Å²) in [5.41, 5.74) is 4.63. The second-order valence-electron chi connectivity index (χ2n) is 5.48. The van der Waals surface area contributed by atoms with Gasteiger partial charge in [-0.3, -0.25) is 4.79 Å². The number of alkyl carbamates (subject to hydrolysis) is 1. The Hall–Kier alpha value is -1.60. The summed E-state index contributed by atoms with van der Waals surface area (Å²) in [6.07, 6.45) is -0.632. The zero-order valence-electron chi connectivity index (χ0n) is 12.7. The number of carbonyl (C=O) groups is 2. The van der Waals surface area contributed by atoms with Gasteiger partial charge in [-0.05, 0) is 33.9 Å². The van der Waals surface area contributed by atoms with Crippen molar-refractivity contribution in [3.63, 3.8) is 0 Å². The van der Waals surface area contributed by atoms with Gasteiger partial charge in [-0.2, -0.15) is 0 Å². The highest BCUT2D eigenvalue weighted by atomic mass is 127. The summed E-state index contributed by atoms with van der Waals surface area (Å²) >= 11 is 7.42. The summed E-state index contributed by atoms with van der Waals surface area (Å²) in [5.74, 6) is -0.00657. The Bertz CT molecular complexity index is 735. The average Bonchev–Trinajstić information content (AvgIpc) is 2.91. The molecule has 1 N–H and O–H groups in total. The third-order valence-electron chi connectivity index (χ3n) is 4.06. The summed E-state index contributed by atoms with van der Waals surface area (Å²) in [7, 11) is 0. The van der Waals surface area contributed by atoms with Crippen molar-refractivity contribution >= 4 is 45.5 Å². The van der Waals surface area contributed by atoms with Crippen LogP contribution in [0.1, 0.15) is 17.0 Å². The van der Waals surface area contributed by atoms with Crippen LogP contribution in [0.2, 0.25) is 0 Å². The molecule has 0 saturated carbocycles. The van der Waals surface area contributed by atoms with E-state index >= 15 is 0 Å². The number of alkyl halides is 1. The third-order valence-corrected chi connectivity index (χ3v) is 5.21. The largest absolute Gasteiger partial charge is 0.449 e. The first-order chi connectivity index (χ1) is 11.6. The van der Waals surface area contributed by atoms with Crippen LogP contribution < -0.4 is 5.32 Å². The smallest absolute Gasteiger partial charge is 0.407 e. The maximum Gasteiger partial charge on any atom is 0.407 e. The summed E-state index contributed by atoms with van der Waals surface area (Å²) in [6.45, 7) is 0.213. The molecule has 2 aromatic carbocycles. The molecule has 0 saturated heterocycles. The highest BCUT2D eigenvalue weighted by Gasteiger charge is 2.29. The van der Waals surface area contributed by atoms with Crippen LogP contribution in [0.4, 0.5) is 4.79 Å². The number of rotatable bonds is 5. The van der Waals surface area contributed by atoms with Gasteiger partial charge in [-0.15, -0.1) is 0 Å². The second-order valence-corrected chi connectivity index (χ2v) is 6.73. The van der Waals surface area contributed by atoms with Crippen molar-refractivity contribution < 1.29 is 14.3 Å². The molecule has 0 bridgehead atoms. The molecule has 1 aliphatic carbocycles. The van der Waals surface area contributed by atoms with Gasteiger partial charge < -0.3 is 10.1 Å². The number of nitrogens with one attached hydrogen (secondary N) is 1. The summed E-state index contributed by atoms with van der Waals surface area (Å²) in [5, 5.41) is 1.89. The van der Waals surface area contributed by atoms with Crippen molar-refractivity contribution in [3.8, 4) is 11.1 Å². The quantitative estimate of drug-likeness (QED) is 0.420. The molecule has 1 amide bonds. The molecule has 0 unspecified atom stereocenters. The number of ether oxygens (including phenoxy) is 1. The molecule has 0 aromatic heterocycles. The lowest BCUT2D eigenvalue weighted by molar-refractivity contribution is -0.112. The van der Waals surface area contributed by atoms with Crippen LogP contribution in [-0.4, -0.2) is 28.4 Å². The van der Waals surface area contributed by atoms with E-state index in [0.717, 1.165) is 11.1 Å². The Morgan fingerprint density at radius 1 is 1.08 bits per heavy atom. The van der Waals surface area contributed by atoms with Gasteiger partial charge in [0.1, 0.15) is 12.6 Å². The molecule has 0 heterocycles. The topological polar surface area (TPSA) is 55.4 Å². The number of hydrogen-bond acceptors (Lipinski definition) is 3. The Balaban J connectivity index is 1.74. The number of benzene rings is 2. The molecule has 6 heteroatoms. The van der Waals surface area contributed by atoms with E-state index in [-0.39, 0.29) is 12.5 Å². The number of fused-ring (bicyclic) bond motifs is 3. The maximum atomic E-state index is 11.9. The minimum Gasteiger partial charge on any atom is -0.449 e. The van der Waals surface area contributed by atoms with Crippen molar-refractivity contribution in [2.75, 3.05) is 11.0 Å². The van der Waals surface area contributed by atoms with Crippen LogP contribution in [0.5, 0.6) is 0 Å². The van der Waals surface area contributed by atoms with Crippen LogP contribution >= 0.6 is 34.2 Å². The van der Waals surface area contributed by atoms with E-state index in [1.165, 1.54) is 11.1 Å². The van der Waals surface area contributed by atoms with Crippen molar-refractivity contribution in [2.45, 2.75) is 12.0 Å². The van der Waals surface area contributed by atoms with E-state index in [1.54, 1.807) is 0 Å². The van der Waals surface area contributed by atoms with Gasteiger partial charge in [0, 0.05) is 10.3 Å². The molecular weight excluding hydrogens is 441 g/mol. The number of amides is 1. The van der Waals surface area contributed by atoms with Crippen molar-refractivity contribution in [2.24, 2.45) is 0 Å². The molecular formula is C18H15ClINO3. The molecule has 0 radical (unpaired) electrons. The summed E-state index contributed by atoms with van der Waals surface area (Å²) in [4.78, 5) is 23.1. The van der Waals surface area contributed by atoms with Crippen LogP contribution in [-0.2, 0) is 9.53 Å². The minimum absolute atomic E-state index is 0.00657. The Kier molecular flexibility index (Phi) is 5.40. The molecule has 124 valence electrons. The molecule has 0 aliphatic heterocycles. The molecule has 0 spiro atoms. The van der Waals surface area contributed by atoms with Crippen molar-refractivity contribution in [1.29, 1.82) is 0 Å². The van der Waals surface area contributed by atoms with Crippen LogP contribution in [0.15, 0.2) is 48.5 Å². The fourth-order valence-electron chi connectivity index (χ4n) is 2.94. The first kappa shape index (κ1) is 17.2. The molecule has 2 aromatic rings. The van der Waals surface area contributed by atoms with Gasteiger partial charge in [0.05, 0.1) is 0 Å². The van der Waals surface area contributed by atoms with Crippen LogP contribution in [0.25, 0.3) is 11.1 Å². The van der Waals surface area contributed by atoms with Crippen LogP contribution in [0, 0.1) is 0 Å².